The molecule has 10 nitrogen and oxygen atoms in total. The normalized spacial score (nSPS) is 15.1. The Labute approximate surface area is 280 Å². The molecule has 1 aliphatic heterocycles. The van der Waals surface area contributed by atoms with Crippen LogP contribution in [0, 0.1) is 12.7 Å². The monoisotopic (exact) mass is 655 g/mol. The average molecular weight is 656 g/mol. The Kier molecular flexibility index (Phi) is 10.6. The summed E-state index contributed by atoms with van der Waals surface area (Å²) in [6, 6.07) is 21.3. The number of nitrogens with one attached hydrogen (secondary N) is 2. The third-order valence-corrected chi connectivity index (χ3v) is 8.07. The number of alkyl carbamates (subject to hydrolysis) is 1. The number of ether oxygens (including phenoxy) is 2. The summed E-state index contributed by atoms with van der Waals surface area (Å²) in [7, 11) is 0. The van der Waals surface area contributed by atoms with E-state index in [1.165, 1.54) is 40.8 Å². The van der Waals surface area contributed by atoms with Gasteiger partial charge in [-0.15, -0.1) is 0 Å². The molecular weight excluding hydrogens is 613 g/mol. The van der Waals surface area contributed by atoms with Gasteiger partial charge in [0.05, 0.1) is 18.3 Å². The van der Waals surface area contributed by atoms with Gasteiger partial charge in [-0.25, -0.2) is 19.0 Å². The van der Waals surface area contributed by atoms with Crippen LogP contribution in [-0.2, 0) is 33.7 Å². The van der Waals surface area contributed by atoms with Gasteiger partial charge in [-0.3, -0.25) is 0 Å². The Bertz CT molecular complexity index is 1740. The van der Waals surface area contributed by atoms with Crippen LogP contribution in [0.25, 0.3) is 0 Å². The smallest absolute Gasteiger partial charge is 0.408 e. The summed E-state index contributed by atoms with van der Waals surface area (Å²) in [5.74, 6) is -0.290. The second kappa shape index (κ2) is 14.8. The molecule has 2 heterocycles. The van der Waals surface area contributed by atoms with Crippen molar-refractivity contribution >= 4 is 29.5 Å². The maximum absolute atomic E-state index is 13.5. The molecule has 0 spiro atoms. The zero-order chi connectivity index (χ0) is 34.4. The van der Waals surface area contributed by atoms with Crippen LogP contribution in [0.2, 0.25) is 0 Å². The second-order valence-corrected chi connectivity index (χ2v) is 12.8. The predicted molar refractivity (Wildman–Crippen MR) is 182 cm³/mol. The van der Waals surface area contributed by atoms with Gasteiger partial charge in [0.25, 0.3) is 0 Å². The summed E-state index contributed by atoms with van der Waals surface area (Å²) in [6.07, 6.45) is 1.23. The van der Waals surface area contributed by atoms with Gasteiger partial charge in [0, 0.05) is 17.8 Å². The van der Waals surface area contributed by atoms with Crippen molar-refractivity contribution in [1.29, 1.82) is 0 Å². The van der Waals surface area contributed by atoms with Crippen LogP contribution in [0.4, 0.5) is 26.6 Å². The lowest BCUT2D eigenvalue weighted by Crippen LogP contribution is -2.46. The van der Waals surface area contributed by atoms with Crippen molar-refractivity contribution in [2.75, 3.05) is 23.4 Å². The minimum atomic E-state index is -1.32. The number of carbonyl (C=O) groups is 2. The SMILES string of the molecule is Cc1c(COC(=O)C(CO)NC(=O)OC(C)(C)C)nc(Nc2ccc(F)cc2)nc1N1CCc2ccccc2C1C.c1ccc2c(c1)C2. The number of hydrogen-bond donors (Lipinski definition) is 3. The van der Waals surface area contributed by atoms with Crippen molar-refractivity contribution in [2.45, 2.75) is 71.8 Å². The Morgan fingerprint density at radius 3 is 2.27 bits per heavy atom. The molecule has 0 saturated heterocycles. The number of nitrogens with zero attached hydrogens (tertiary/aromatic N) is 3. The number of esters is 1. The quantitative estimate of drug-likeness (QED) is 0.165. The maximum atomic E-state index is 13.5. The van der Waals surface area contributed by atoms with E-state index < -0.39 is 30.3 Å². The number of halogens is 1. The van der Waals surface area contributed by atoms with Crippen LogP contribution in [0.15, 0.2) is 72.8 Å². The van der Waals surface area contributed by atoms with Crippen molar-refractivity contribution in [2.24, 2.45) is 0 Å². The van der Waals surface area contributed by atoms with Crippen LogP contribution in [0.3, 0.4) is 0 Å². The molecule has 4 aromatic rings. The summed E-state index contributed by atoms with van der Waals surface area (Å²) in [5.41, 5.74) is 6.52. The van der Waals surface area contributed by atoms with E-state index in [1.807, 2.05) is 19.1 Å². The number of carbonyl (C=O) groups excluding carboxylic acids is 2. The number of aliphatic hydroxyl groups is 1. The highest BCUT2D eigenvalue weighted by Gasteiger charge is 2.29. The lowest BCUT2D eigenvalue weighted by Gasteiger charge is -2.37. The van der Waals surface area contributed by atoms with Gasteiger partial charge in [-0.05, 0) is 94.0 Å². The number of anilines is 3. The molecule has 2 atom stereocenters. The number of fused-ring (bicyclic) bond motifs is 2. The largest absolute Gasteiger partial charge is 0.458 e. The summed E-state index contributed by atoms with van der Waals surface area (Å²) < 4.78 is 24.1. The number of hydrogen-bond acceptors (Lipinski definition) is 9. The minimum absolute atomic E-state index is 0.0272. The lowest BCUT2D eigenvalue weighted by atomic mass is 9.93. The first-order valence-corrected chi connectivity index (χ1v) is 16.0. The molecule has 0 radical (unpaired) electrons. The highest BCUT2D eigenvalue weighted by molar-refractivity contribution is 5.81. The van der Waals surface area contributed by atoms with E-state index in [2.05, 4.69) is 63.8 Å². The Morgan fingerprint density at radius 2 is 1.65 bits per heavy atom. The molecule has 3 aromatic carbocycles. The molecule has 1 aliphatic carbocycles. The molecule has 1 aromatic heterocycles. The highest BCUT2D eigenvalue weighted by Crippen LogP contribution is 2.35. The van der Waals surface area contributed by atoms with Gasteiger partial charge in [0.15, 0.2) is 6.04 Å². The number of amides is 1. The van der Waals surface area contributed by atoms with Gasteiger partial charge in [0.1, 0.15) is 23.8 Å². The fourth-order valence-corrected chi connectivity index (χ4v) is 5.45. The fraction of sp³-hybridized carbons (Fsp3) is 0.351. The molecule has 1 amide bonds. The van der Waals surface area contributed by atoms with Crippen LogP contribution in [-0.4, -0.2) is 51.9 Å². The molecule has 48 heavy (non-hydrogen) atoms. The highest BCUT2D eigenvalue weighted by atomic mass is 19.1. The standard InChI is InChI=1S/C30H36FN5O5.C7H6/c1-18-25(17-40-27(38)24(16-37)34-29(39)41-30(3,4)5)33-28(32-22-12-10-21(31)11-13-22)35-26(18)36-15-14-20-8-6-7-9-23(20)19(36)2;1-2-4-7-5-6(7)3-1/h6-13,19,24,37H,14-17H2,1-5H3,(H,34,39)(H,32,33,35);1-4H,5H2. The number of rotatable bonds is 8. The molecular formula is C37H42FN5O5. The van der Waals surface area contributed by atoms with E-state index in [0.717, 1.165) is 13.0 Å². The second-order valence-electron chi connectivity index (χ2n) is 12.8. The Hall–Kier alpha value is -5.03. The van der Waals surface area contributed by atoms with Crippen molar-refractivity contribution in [3.05, 3.63) is 112 Å². The fourth-order valence-electron chi connectivity index (χ4n) is 5.45. The number of aromatic nitrogens is 2. The molecule has 0 bridgehead atoms. The van der Waals surface area contributed by atoms with Gasteiger partial charge < -0.3 is 30.1 Å². The minimum Gasteiger partial charge on any atom is -0.458 e. The average Bonchev–Trinajstić information content (AvgIpc) is 3.85. The van der Waals surface area contributed by atoms with Crippen LogP contribution in [0.1, 0.15) is 67.2 Å². The lowest BCUT2D eigenvalue weighted by molar-refractivity contribution is -0.148. The molecule has 2 aliphatic rings. The zero-order valence-corrected chi connectivity index (χ0v) is 27.9. The molecule has 11 heteroatoms. The van der Waals surface area contributed by atoms with Crippen LogP contribution >= 0.6 is 0 Å². The molecule has 3 N–H and O–H groups in total. The van der Waals surface area contributed by atoms with Crippen molar-refractivity contribution in [3.8, 4) is 0 Å². The van der Waals surface area contributed by atoms with Crippen LogP contribution < -0.4 is 15.5 Å². The van der Waals surface area contributed by atoms with Gasteiger partial charge in [-0.1, -0.05) is 48.5 Å². The molecule has 0 saturated carbocycles. The third kappa shape index (κ3) is 8.86. The predicted octanol–water partition coefficient (Wildman–Crippen LogP) is 6.31. The van der Waals surface area contributed by atoms with Crippen molar-refractivity contribution in [3.63, 3.8) is 0 Å². The van der Waals surface area contributed by atoms with Gasteiger partial charge in [-0.2, -0.15) is 4.98 Å². The van der Waals surface area contributed by atoms with E-state index in [0.29, 0.717) is 22.8 Å². The summed E-state index contributed by atoms with van der Waals surface area (Å²) in [4.78, 5) is 36.5. The Morgan fingerprint density at radius 1 is 1.00 bits per heavy atom. The Balaban J connectivity index is 0.000000562. The van der Waals surface area contributed by atoms with Crippen molar-refractivity contribution in [1.82, 2.24) is 15.3 Å². The molecule has 0 fully saturated rings. The topological polar surface area (TPSA) is 126 Å². The maximum Gasteiger partial charge on any atom is 0.408 e. The van der Waals surface area contributed by atoms with E-state index in [1.54, 1.807) is 32.9 Å². The third-order valence-electron chi connectivity index (χ3n) is 8.07. The zero-order valence-electron chi connectivity index (χ0n) is 27.9. The number of aliphatic hydroxyl groups excluding tert-OH is 1. The van der Waals surface area contributed by atoms with E-state index >= 15 is 0 Å². The summed E-state index contributed by atoms with van der Waals surface area (Å²) in [5, 5.41) is 15.1. The first-order chi connectivity index (χ1) is 22.9. The first-order valence-electron chi connectivity index (χ1n) is 16.0. The van der Waals surface area contributed by atoms with Gasteiger partial charge in [0.2, 0.25) is 5.95 Å². The number of benzene rings is 3. The van der Waals surface area contributed by atoms with Gasteiger partial charge >= 0.3 is 12.1 Å². The molecule has 252 valence electrons. The van der Waals surface area contributed by atoms with E-state index in [-0.39, 0.29) is 24.4 Å². The molecule has 6 rings (SSSR count). The van der Waals surface area contributed by atoms with Crippen molar-refractivity contribution < 1.29 is 28.6 Å². The first kappa shape index (κ1) is 34.3. The van der Waals surface area contributed by atoms with E-state index in [4.69, 9.17) is 14.5 Å². The summed E-state index contributed by atoms with van der Waals surface area (Å²) in [6.45, 7) is 8.85. The van der Waals surface area contributed by atoms with Crippen LogP contribution in [0.5, 0.6) is 0 Å². The molecule has 2 unspecified atom stereocenters. The summed E-state index contributed by atoms with van der Waals surface area (Å²) >= 11 is 0. The van der Waals surface area contributed by atoms with E-state index in [9.17, 15) is 19.1 Å².